The Labute approximate surface area is 117 Å². The molecule has 0 bridgehead atoms. The topological polar surface area (TPSA) is 34.0 Å². The van der Waals surface area contributed by atoms with E-state index in [0.717, 1.165) is 22.2 Å². The number of aromatic nitrogens is 1. The number of nitrogens with one attached hydrogen (secondary N) is 1. The van der Waals surface area contributed by atoms with Gasteiger partial charge in [0.1, 0.15) is 0 Å². The van der Waals surface area contributed by atoms with Gasteiger partial charge in [0.2, 0.25) is 5.91 Å². The molecule has 0 unspecified atom stereocenters. The standard InChI is InChI=1S/C17H16N2O/c1-2-17(20)18-19-15-11-7-6-10-14(15)12-16(19)13-8-4-3-5-9-13/h3-12H,2H2,1H3,(H,18,20). The van der Waals surface area contributed by atoms with Gasteiger partial charge < -0.3 is 0 Å². The molecule has 0 fully saturated rings. The Kier molecular flexibility index (Phi) is 3.25. The molecule has 0 aliphatic heterocycles. The molecule has 1 N–H and O–H groups in total. The predicted octanol–water partition coefficient (Wildman–Crippen LogP) is 3.79. The Hall–Kier alpha value is -2.55. The molecule has 3 nitrogen and oxygen atoms in total. The SMILES string of the molecule is CCC(=O)Nn1c(-c2ccccc2)cc2ccccc21. The van der Waals surface area contributed by atoms with Gasteiger partial charge >= 0.3 is 0 Å². The molecule has 0 radical (unpaired) electrons. The highest BCUT2D eigenvalue weighted by molar-refractivity contribution is 5.92. The van der Waals surface area contributed by atoms with Gasteiger partial charge in [-0.05, 0) is 12.1 Å². The van der Waals surface area contributed by atoms with Gasteiger partial charge in [-0.15, -0.1) is 0 Å². The highest BCUT2D eigenvalue weighted by Crippen LogP contribution is 2.26. The van der Waals surface area contributed by atoms with Crippen LogP contribution in [-0.2, 0) is 4.79 Å². The van der Waals surface area contributed by atoms with Crippen molar-refractivity contribution in [2.75, 3.05) is 5.43 Å². The number of carbonyl (C=O) groups excluding carboxylic acids is 1. The minimum absolute atomic E-state index is 0.00327. The minimum Gasteiger partial charge on any atom is -0.273 e. The van der Waals surface area contributed by atoms with Crippen LogP contribution >= 0.6 is 0 Å². The highest BCUT2D eigenvalue weighted by Gasteiger charge is 2.11. The number of rotatable bonds is 3. The molecule has 3 heteroatoms. The summed E-state index contributed by atoms with van der Waals surface area (Å²) in [6, 6.07) is 20.2. The number of hydrogen-bond donors (Lipinski definition) is 1. The summed E-state index contributed by atoms with van der Waals surface area (Å²) in [4.78, 5) is 11.8. The molecule has 1 heterocycles. The Morgan fingerprint density at radius 1 is 1.05 bits per heavy atom. The first-order valence-corrected chi connectivity index (χ1v) is 6.75. The van der Waals surface area contributed by atoms with Crippen LogP contribution in [0.2, 0.25) is 0 Å². The van der Waals surface area contributed by atoms with Crippen LogP contribution in [0.4, 0.5) is 0 Å². The fourth-order valence-corrected chi connectivity index (χ4v) is 2.30. The number of nitrogens with zero attached hydrogens (tertiary/aromatic N) is 1. The van der Waals surface area contributed by atoms with Crippen molar-refractivity contribution in [2.45, 2.75) is 13.3 Å². The zero-order valence-electron chi connectivity index (χ0n) is 11.3. The lowest BCUT2D eigenvalue weighted by atomic mass is 10.1. The Morgan fingerprint density at radius 2 is 1.75 bits per heavy atom. The van der Waals surface area contributed by atoms with Crippen LogP contribution in [0.5, 0.6) is 0 Å². The van der Waals surface area contributed by atoms with Crippen LogP contribution in [-0.4, -0.2) is 10.6 Å². The fourth-order valence-electron chi connectivity index (χ4n) is 2.30. The maximum absolute atomic E-state index is 11.8. The number of para-hydroxylation sites is 1. The van der Waals surface area contributed by atoms with Crippen molar-refractivity contribution < 1.29 is 4.79 Å². The molecule has 0 atom stereocenters. The Morgan fingerprint density at radius 3 is 2.50 bits per heavy atom. The summed E-state index contributed by atoms with van der Waals surface area (Å²) >= 11 is 0. The molecule has 3 rings (SSSR count). The summed E-state index contributed by atoms with van der Waals surface area (Å²) in [5.41, 5.74) is 6.04. The van der Waals surface area contributed by atoms with Crippen molar-refractivity contribution in [3.05, 3.63) is 60.7 Å². The van der Waals surface area contributed by atoms with Gasteiger partial charge in [-0.2, -0.15) is 0 Å². The molecule has 2 aromatic carbocycles. The van der Waals surface area contributed by atoms with E-state index in [1.807, 2.05) is 60.1 Å². The normalized spacial score (nSPS) is 10.7. The second kappa shape index (κ2) is 5.21. The fraction of sp³-hybridized carbons (Fsp3) is 0.118. The Bertz CT molecular complexity index is 744. The second-order valence-corrected chi connectivity index (χ2v) is 4.68. The lowest BCUT2D eigenvalue weighted by Crippen LogP contribution is -2.22. The van der Waals surface area contributed by atoms with Crippen molar-refractivity contribution in [1.82, 2.24) is 4.68 Å². The van der Waals surface area contributed by atoms with E-state index in [2.05, 4.69) is 17.6 Å². The molecule has 0 saturated carbocycles. The predicted molar refractivity (Wildman–Crippen MR) is 82.0 cm³/mol. The van der Waals surface area contributed by atoms with Gasteiger partial charge in [-0.1, -0.05) is 55.5 Å². The van der Waals surface area contributed by atoms with Crippen molar-refractivity contribution >= 4 is 16.8 Å². The molecule has 100 valence electrons. The van der Waals surface area contributed by atoms with E-state index >= 15 is 0 Å². The van der Waals surface area contributed by atoms with E-state index in [1.165, 1.54) is 0 Å². The van der Waals surface area contributed by atoms with E-state index < -0.39 is 0 Å². The van der Waals surface area contributed by atoms with Gasteiger partial charge in [0.25, 0.3) is 0 Å². The van der Waals surface area contributed by atoms with Crippen molar-refractivity contribution in [1.29, 1.82) is 0 Å². The summed E-state index contributed by atoms with van der Waals surface area (Å²) in [5.74, 6) is 0.00327. The highest BCUT2D eigenvalue weighted by atomic mass is 16.2. The van der Waals surface area contributed by atoms with Crippen LogP contribution in [0.15, 0.2) is 60.7 Å². The van der Waals surface area contributed by atoms with Crippen molar-refractivity contribution in [2.24, 2.45) is 0 Å². The first-order chi connectivity index (χ1) is 9.79. The first kappa shape index (κ1) is 12.5. The van der Waals surface area contributed by atoms with Crippen molar-refractivity contribution in [3.63, 3.8) is 0 Å². The Balaban J connectivity index is 2.20. The molecule has 0 aliphatic rings. The van der Waals surface area contributed by atoms with E-state index in [9.17, 15) is 4.79 Å². The average Bonchev–Trinajstić information content (AvgIpc) is 2.87. The molecular formula is C17H16N2O. The summed E-state index contributed by atoms with van der Waals surface area (Å²) in [7, 11) is 0. The van der Waals surface area contributed by atoms with E-state index in [0.29, 0.717) is 6.42 Å². The number of fused-ring (bicyclic) bond motifs is 1. The molecule has 0 spiro atoms. The number of amides is 1. The van der Waals surface area contributed by atoms with Crippen molar-refractivity contribution in [3.8, 4) is 11.3 Å². The number of benzene rings is 2. The molecular weight excluding hydrogens is 248 g/mol. The summed E-state index contributed by atoms with van der Waals surface area (Å²) in [6.07, 6.45) is 0.459. The summed E-state index contributed by atoms with van der Waals surface area (Å²) < 4.78 is 1.87. The van der Waals surface area contributed by atoms with E-state index in [1.54, 1.807) is 0 Å². The quantitative estimate of drug-likeness (QED) is 0.767. The molecule has 20 heavy (non-hydrogen) atoms. The largest absolute Gasteiger partial charge is 0.273 e. The van der Waals surface area contributed by atoms with Gasteiger partial charge in [-0.25, -0.2) is 0 Å². The number of carbonyl (C=O) groups is 1. The summed E-state index contributed by atoms with van der Waals surface area (Å²) in [5, 5.41) is 1.11. The maximum Gasteiger partial charge on any atom is 0.238 e. The second-order valence-electron chi connectivity index (χ2n) is 4.68. The minimum atomic E-state index is 0.00327. The van der Waals surface area contributed by atoms with Crippen LogP contribution in [0.3, 0.4) is 0 Å². The summed E-state index contributed by atoms with van der Waals surface area (Å²) in [6.45, 7) is 1.85. The van der Waals surface area contributed by atoms with E-state index in [-0.39, 0.29) is 5.91 Å². The van der Waals surface area contributed by atoms with Gasteiger partial charge in [0.05, 0.1) is 11.2 Å². The molecule has 1 aromatic heterocycles. The zero-order valence-corrected chi connectivity index (χ0v) is 11.3. The number of hydrogen-bond acceptors (Lipinski definition) is 1. The maximum atomic E-state index is 11.8. The molecule has 0 aliphatic carbocycles. The van der Waals surface area contributed by atoms with E-state index in [4.69, 9.17) is 0 Å². The monoisotopic (exact) mass is 264 g/mol. The van der Waals surface area contributed by atoms with Crippen LogP contribution in [0.25, 0.3) is 22.2 Å². The lowest BCUT2D eigenvalue weighted by Gasteiger charge is -2.11. The third-order valence-corrected chi connectivity index (χ3v) is 3.34. The third-order valence-electron chi connectivity index (χ3n) is 3.34. The lowest BCUT2D eigenvalue weighted by molar-refractivity contribution is -0.116. The zero-order chi connectivity index (χ0) is 13.9. The van der Waals surface area contributed by atoms with Gasteiger partial charge in [0.15, 0.2) is 0 Å². The smallest absolute Gasteiger partial charge is 0.238 e. The third kappa shape index (κ3) is 2.18. The first-order valence-electron chi connectivity index (χ1n) is 6.75. The van der Waals surface area contributed by atoms with Crippen LogP contribution in [0, 0.1) is 0 Å². The van der Waals surface area contributed by atoms with Gasteiger partial charge in [-0.3, -0.25) is 14.9 Å². The van der Waals surface area contributed by atoms with Gasteiger partial charge in [0, 0.05) is 17.4 Å². The van der Waals surface area contributed by atoms with Crippen LogP contribution in [0.1, 0.15) is 13.3 Å². The average molecular weight is 264 g/mol. The van der Waals surface area contributed by atoms with Crippen LogP contribution < -0.4 is 5.43 Å². The molecule has 0 saturated heterocycles. The molecule has 3 aromatic rings. The molecule has 1 amide bonds.